The monoisotopic (exact) mass is 272 g/mol. The summed E-state index contributed by atoms with van der Waals surface area (Å²) in [6.45, 7) is 4.33. The molecule has 1 aromatic heterocycles. The van der Waals surface area contributed by atoms with Gasteiger partial charge in [0.2, 0.25) is 0 Å². The summed E-state index contributed by atoms with van der Waals surface area (Å²) < 4.78 is 1.15. The molecular formula is C10H13BrN2S. The summed E-state index contributed by atoms with van der Waals surface area (Å²) in [6.07, 6.45) is 1.89. The molecule has 1 fully saturated rings. The average Bonchev–Trinajstić information content (AvgIpc) is 2.23. The van der Waals surface area contributed by atoms with Crippen LogP contribution in [0.4, 0.5) is 5.82 Å². The molecule has 4 heteroatoms. The SMILES string of the molecule is Cc1ccnc(N2CCSCC2)c1Br. The molecule has 0 unspecified atom stereocenters. The number of aryl methyl sites for hydroxylation is 1. The maximum atomic E-state index is 4.43. The largest absolute Gasteiger partial charge is 0.354 e. The van der Waals surface area contributed by atoms with Crippen molar-refractivity contribution >= 4 is 33.5 Å². The first-order valence-electron chi connectivity index (χ1n) is 4.73. The molecule has 0 amide bonds. The highest BCUT2D eigenvalue weighted by Gasteiger charge is 2.15. The Balaban J connectivity index is 2.26. The minimum absolute atomic E-state index is 1.10. The maximum absolute atomic E-state index is 4.43. The van der Waals surface area contributed by atoms with Crippen molar-refractivity contribution in [2.45, 2.75) is 6.92 Å². The average molecular weight is 273 g/mol. The second-order valence-electron chi connectivity index (χ2n) is 3.36. The Kier molecular flexibility index (Phi) is 3.34. The van der Waals surface area contributed by atoms with E-state index in [4.69, 9.17) is 0 Å². The first-order chi connectivity index (χ1) is 6.79. The number of halogens is 1. The minimum atomic E-state index is 1.10. The molecule has 2 heterocycles. The van der Waals surface area contributed by atoms with Gasteiger partial charge in [-0.2, -0.15) is 11.8 Å². The number of nitrogens with zero attached hydrogens (tertiary/aromatic N) is 2. The third-order valence-electron chi connectivity index (χ3n) is 2.37. The Morgan fingerprint density at radius 2 is 2.14 bits per heavy atom. The van der Waals surface area contributed by atoms with E-state index >= 15 is 0 Å². The van der Waals surface area contributed by atoms with Crippen LogP contribution in [0.2, 0.25) is 0 Å². The van der Waals surface area contributed by atoms with Crippen molar-refractivity contribution in [3.63, 3.8) is 0 Å². The molecule has 0 spiro atoms. The second-order valence-corrected chi connectivity index (χ2v) is 5.38. The Bertz CT molecular complexity index is 324. The molecule has 14 heavy (non-hydrogen) atoms. The predicted octanol–water partition coefficient (Wildman–Crippen LogP) is 2.71. The standard InChI is InChI=1S/C10H13BrN2S/c1-8-2-3-12-10(9(8)11)13-4-6-14-7-5-13/h2-3H,4-7H2,1H3. The zero-order chi connectivity index (χ0) is 9.97. The molecule has 1 aromatic rings. The third-order valence-corrected chi connectivity index (χ3v) is 4.30. The van der Waals surface area contributed by atoms with Gasteiger partial charge in [-0.25, -0.2) is 4.98 Å². The molecule has 0 N–H and O–H groups in total. The van der Waals surface area contributed by atoms with Gasteiger partial charge in [-0.15, -0.1) is 0 Å². The molecule has 0 saturated carbocycles. The molecule has 1 saturated heterocycles. The number of thioether (sulfide) groups is 1. The quantitative estimate of drug-likeness (QED) is 0.782. The predicted molar refractivity (Wildman–Crippen MR) is 66.2 cm³/mol. The van der Waals surface area contributed by atoms with Gasteiger partial charge >= 0.3 is 0 Å². The van der Waals surface area contributed by atoms with Crippen LogP contribution < -0.4 is 4.90 Å². The summed E-state index contributed by atoms with van der Waals surface area (Å²) in [6, 6.07) is 2.03. The topological polar surface area (TPSA) is 16.1 Å². The van der Waals surface area contributed by atoms with Crippen LogP contribution in [0, 0.1) is 6.92 Å². The highest BCUT2D eigenvalue weighted by Crippen LogP contribution is 2.28. The number of anilines is 1. The number of aromatic nitrogens is 1. The summed E-state index contributed by atoms with van der Waals surface area (Å²) in [7, 11) is 0. The lowest BCUT2D eigenvalue weighted by Crippen LogP contribution is -2.33. The van der Waals surface area contributed by atoms with Gasteiger partial charge in [0.05, 0.1) is 4.47 Å². The molecule has 1 aliphatic rings. The fourth-order valence-electron chi connectivity index (χ4n) is 1.52. The highest BCUT2D eigenvalue weighted by atomic mass is 79.9. The van der Waals surface area contributed by atoms with E-state index in [-0.39, 0.29) is 0 Å². The van der Waals surface area contributed by atoms with Crippen molar-refractivity contribution in [3.8, 4) is 0 Å². The summed E-state index contributed by atoms with van der Waals surface area (Å²) in [5.74, 6) is 3.52. The van der Waals surface area contributed by atoms with Gasteiger partial charge < -0.3 is 4.90 Å². The van der Waals surface area contributed by atoms with Crippen LogP contribution >= 0.6 is 27.7 Å². The fourth-order valence-corrected chi connectivity index (χ4v) is 2.91. The zero-order valence-corrected chi connectivity index (χ0v) is 10.6. The van der Waals surface area contributed by atoms with E-state index < -0.39 is 0 Å². The summed E-state index contributed by atoms with van der Waals surface area (Å²) in [5, 5.41) is 0. The summed E-state index contributed by atoms with van der Waals surface area (Å²) in [5.41, 5.74) is 1.26. The lowest BCUT2D eigenvalue weighted by Gasteiger charge is -2.28. The minimum Gasteiger partial charge on any atom is -0.354 e. The second kappa shape index (κ2) is 4.53. The molecule has 0 radical (unpaired) electrons. The van der Waals surface area contributed by atoms with Crippen LogP contribution in [0.3, 0.4) is 0 Å². The van der Waals surface area contributed by atoms with Crippen molar-refractivity contribution in [1.82, 2.24) is 4.98 Å². The molecular weight excluding hydrogens is 260 g/mol. The zero-order valence-electron chi connectivity index (χ0n) is 8.16. The van der Waals surface area contributed by atoms with E-state index in [9.17, 15) is 0 Å². The summed E-state index contributed by atoms with van der Waals surface area (Å²) in [4.78, 5) is 6.79. The van der Waals surface area contributed by atoms with Gasteiger partial charge in [0, 0.05) is 30.8 Å². The Hall–Kier alpha value is -0.220. The number of rotatable bonds is 1. The first-order valence-corrected chi connectivity index (χ1v) is 6.67. The first kappa shape index (κ1) is 10.3. The molecule has 76 valence electrons. The molecule has 0 atom stereocenters. The van der Waals surface area contributed by atoms with E-state index in [1.807, 2.05) is 24.0 Å². The van der Waals surface area contributed by atoms with E-state index in [1.54, 1.807) is 0 Å². The molecule has 0 bridgehead atoms. The van der Waals surface area contributed by atoms with E-state index in [0.29, 0.717) is 0 Å². The van der Waals surface area contributed by atoms with Gasteiger partial charge in [0.1, 0.15) is 5.82 Å². The van der Waals surface area contributed by atoms with Crippen LogP contribution in [0.5, 0.6) is 0 Å². The number of hydrogen-bond donors (Lipinski definition) is 0. The molecule has 1 aliphatic heterocycles. The van der Waals surface area contributed by atoms with Gasteiger partial charge in [0.15, 0.2) is 0 Å². The lowest BCUT2D eigenvalue weighted by atomic mass is 10.3. The highest BCUT2D eigenvalue weighted by molar-refractivity contribution is 9.10. The van der Waals surface area contributed by atoms with Crippen LogP contribution in [0.25, 0.3) is 0 Å². The van der Waals surface area contributed by atoms with Crippen molar-refractivity contribution < 1.29 is 0 Å². The van der Waals surface area contributed by atoms with Crippen molar-refractivity contribution in [2.24, 2.45) is 0 Å². The van der Waals surface area contributed by atoms with Gasteiger partial charge in [-0.3, -0.25) is 0 Å². The third kappa shape index (κ3) is 2.06. The van der Waals surface area contributed by atoms with Gasteiger partial charge in [0.25, 0.3) is 0 Å². The van der Waals surface area contributed by atoms with E-state index in [1.165, 1.54) is 17.1 Å². The van der Waals surface area contributed by atoms with E-state index in [0.717, 1.165) is 23.4 Å². The molecule has 0 aliphatic carbocycles. The van der Waals surface area contributed by atoms with Crippen LogP contribution in [-0.2, 0) is 0 Å². The van der Waals surface area contributed by atoms with Crippen molar-refractivity contribution in [3.05, 3.63) is 22.3 Å². The van der Waals surface area contributed by atoms with E-state index in [2.05, 4.69) is 32.7 Å². The molecule has 0 aromatic carbocycles. The Labute approximate surface area is 97.2 Å². The van der Waals surface area contributed by atoms with Crippen LogP contribution in [0.1, 0.15) is 5.56 Å². The molecule has 2 rings (SSSR count). The number of hydrogen-bond acceptors (Lipinski definition) is 3. The lowest BCUT2D eigenvalue weighted by molar-refractivity contribution is 0.835. The Morgan fingerprint density at radius 1 is 1.43 bits per heavy atom. The van der Waals surface area contributed by atoms with Gasteiger partial charge in [-0.05, 0) is 34.5 Å². The van der Waals surface area contributed by atoms with Gasteiger partial charge in [-0.1, -0.05) is 0 Å². The smallest absolute Gasteiger partial charge is 0.143 e. The van der Waals surface area contributed by atoms with Crippen molar-refractivity contribution in [1.29, 1.82) is 0 Å². The Morgan fingerprint density at radius 3 is 2.86 bits per heavy atom. The van der Waals surface area contributed by atoms with Crippen molar-refractivity contribution in [2.75, 3.05) is 29.5 Å². The van der Waals surface area contributed by atoms with Crippen LogP contribution in [-0.4, -0.2) is 29.6 Å². The number of pyridine rings is 1. The fraction of sp³-hybridized carbons (Fsp3) is 0.500. The maximum Gasteiger partial charge on any atom is 0.143 e. The summed E-state index contributed by atoms with van der Waals surface area (Å²) >= 11 is 5.62. The molecule has 2 nitrogen and oxygen atoms in total. The normalized spacial score (nSPS) is 17.1. The van der Waals surface area contributed by atoms with Crippen LogP contribution in [0.15, 0.2) is 16.7 Å².